The molecule has 0 spiro atoms. The van der Waals surface area contributed by atoms with E-state index < -0.39 is 123 Å². The normalized spacial score (nSPS) is 23.9. The van der Waals surface area contributed by atoms with E-state index in [4.69, 9.17) is 75.8 Å². The van der Waals surface area contributed by atoms with Gasteiger partial charge in [0.05, 0.1) is 75.1 Å². The highest BCUT2D eigenvalue weighted by Crippen LogP contribution is 2.40. The zero-order chi connectivity index (χ0) is 74.8. The summed E-state index contributed by atoms with van der Waals surface area (Å²) in [5, 5.41) is 0. The van der Waals surface area contributed by atoms with Crippen molar-refractivity contribution < 1.29 is 95.0 Å². The number of ether oxygens (including phenoxy) is 16. The first-order valence-corrected chi connectivity index (χ1v) is 36.3. The van der Waals surface area contributed by atoms with Gasteiger partial charge in [-0.2, -0.15) is 0 Å². The van der Waals surface area contributed by atoms with Gasteiger partial charge in [0.2, 0.25) is 0 Å². The van der Waals surface area contributed by atoms with E-state index in [9.17, 15) is 9.59 Å². The van der Waals surface area contributed by atoms with Gasteiger partial charge in [0.1, 0.15) is 61.5 Å². The van der Waals surface area contributed by atoms with E-state index in [-0.39, 0.29) is 75.1 Å². The van der Waals surface area contributed by atoms with Crippen LogP contribution >= 0.6 is 0 Å². The van der Waals surface area contributed by atoms with Crippen molar-refractivity contribution in [3.8, 4) is 0 Å². The zero-order valence-electron chi connectivity index (χ0n) is 60.1. The van der Waals surface area contributed by atoms with Crippen LogP contribution < -0.4 is 0 Å². The van der Waals surface area contributed by atoms with Crippen LogP contribution in [0.25, 0.3) is 0 Å². The molecule has 109 heavy (non-hydrogen) atoms. The Morgan fingerprint density at radius 3 is 0.853 bits per heavy atom. The molecular formula is C89H86O20. The van der Waals surface area contributed by atoms with Crippen molar-refractivity contribution in [1.82, 2.24) is 0 Å². The maximum Gasteiger partial charge on any atom is 0.338 e. The van der Waals surface area contributed by atoms with Gasteiger partial charge in [-0.1, -0.05) is 255 Å². The maximum atomic E-state index is 15.1. The number of carbonyl (C=O) groups is 4. The lowest BCUT2D eigenvalue weighted by Crippen LogP contribution is -2.68. The Balaban J connectivity index is 0.961. The molecule has 10 aromatic rings. The summed E-state index contributed by atoms with van der Waals surface area (Å²) in [5.41, 5.74) is 5.45. The SMILES string of the molecule is CO[C@H]1O[C@H](COCc2ccccc2)[C@@H](OC2O[C@H](COCc3ccccc3)[C@@H](O[C@@H]3O[C@H](COC(=O)c4ccccc4)[C@@H](OC(=O)c4ccccc4)[C@H](OC(=O)c4ccccc4)[C@H]3OC(=O)c3ccccc3)[C@H](OCc3ccccc3)[C@H]2OCc2ccccc2)[C@H](OCc2ccccc2)[C@H]1OCc1ccccc1. The quantitative estimate of drug-likeness (QED) is 0.0271. The maximum absolute atomic E-state index is 15.1. The second-order valence-corrected chi connectivity index (χ2v) is 26.3. The van der Waals surface area contributed by atoms with Crippen molar-refractivity contribution in [3.05, 3.63) is 359 Å². The Bertz CT molecular complexity index is 4350. The summed E-state index contributed by atoms with van der Waals surface area (Å²) >= 11 is 0. The Morgan fingerprint density at radius 1 is 0.257 bits per heavy atom. The second kappa shape index (κ2) is 39.6. The lowest BCUT2D eigenvalue weighted by Gasteiger charge is -2.51. The molecule has 3 saturated heterocycles. The molecule has 3 heterocycles. The third-order valence-electron chi connectivity index (χ3n) is 18.7. The molecule has 13 rings (SSSR count). The van der Waals surface area contributed by atoms with E-state index >= 15 is 9.59 Å². The van der Waals surface area contributed by atoms with Crippen molar-refractivity contribution in [3.63, 3.8) is 0 Å². The number of rotatable bonds is 34. The molecule has 20 heteroatoms. The minimum atomic E-state index is -1.88. The number of hydrogen-bond donors (Lipinski definition) is 0. The molecule has 15 atom stereocenters. The van der Waals surface area contributed by atoms with E-state index in [1.165, 1.54) is 12.1 Å². The number of methoxy groups -OCH3 is 1. The summed E-state index contributed by atoms with van der Waals surface area (Å²) in [5.74, 6) is -3.48. The molecule has 562 valence electrons. The predicted molar refractivity (Wildman–Crippen MR) is 399 cm³/mol. The van der Waals surface area contributed by atoms with E-state index in [2.05, 4.69) is 0 Å². The van der Waals surface area contributed by atoms with Crippen LogP contribution in [0.5, 0.6) is 0 Å². The first kappa shape index (κ1) is 76.8. The summed E-state index contributed by atoms with van der Waals surface area (Å²) in [7, 11) is 1.54. The van der Waals surface area contributed by atoms with Gasteiger partial charge in [-0.3, -0.25) is 0 Å². The van der Waals surface area contributed by atoms with Crippen LogP contribution in [-0.2, 0) is 115 Å². The summed E-state index contributed by atoms with van der Waals surface area (Å²) in [4.78, 5) is 59.1. The van der Waals surface area contributed by atoms with Crippen molar-refractivity contribution in [2.75, 3.05) is 26.9 Å². The van der Waals surface area contributed by atoms with Gasteiger partial charge in [0, 0.05) is 7.11 Å². The van der Waals surface area contributed by atoms with Gasteiger partial charge in [-0.25, -0.2) is 19.2 Å². The van der Waals surface area contributed by atoms with Crippen LogP contribution in [0, 0.1) is 0 Å². The number of carbonyl (C=O) groups excluding carboxylic acids is 4. The van der Waals surface area contributed by atoms with Gasteiger partial charge in [-0.05, 0) is 81.9 Å². The van der Waals surface area contributed by atoms with Crippen LogP contribution in [0.4, 0.5) is 0 Å². The third kappa shape index (κ3) is 21.3. The molecular weight excluding hydrogens is 1390 g/mol. The molecule has 0 amide bonds. The summed E-state index contributed by atoms with van der Waals surface area (Å²) in [6.07, 6.45) is -20.8. The first-order chi connectivity index (χ1) is 53.7. The summed E-state index contributed by atoms with van der Waals surface area (Å²) < 4.78 is 111. The van der Waals surface area contributed by atoms with Gasteiger partial charge >= 0.3 is 23.9 Å². The molecule has 0 aromatic heterocycles. The van der Waals surface area contributed by atoms with Crippen molar-refractivity contribution in [1.29, 1.82) is 0 Å². The highest BCUT2D eigenvalue weighted by Gasteiger charge is 2.59. The fourth-order valence-corrected chi connectivity index (χ4v) is 13.1. The monoisotopic (exact) mass is 1470 g/mol. The molecule has 0 aliphatic carbocycles. The molecule has 3 aliphatic rings. The minimum Gasteiger partial charge on any atom is -0.459 e. The molecule has 0 saturated carbocycles. The van der Waals surface area contributed by atoms with Gasteiger partial charge < -0.3 is 75.8 Å². The zero-order valence-corrected chi connectivity index (χ0v) is 60.1. The number of hydrogen-bond acceptors (Lipinski definition) is 20. The number of esters is 4. The Kier molecular flexibility index (Phi) is 27.9. The lowest BCUT2D eigenvalue weighted by atomic mass is 9.94. The van der Waals surface area contributed by atoms with Crippen LogP contribution in [0.1, 0.15) is 74.8 Å². The molecule has 0 radical (unpaired) electrons. The van der Waals surface area contributed by atoms with Gasteiger partial charge in [0.25, 0.3) is 0 Å². The van der Waals surface area contributed by atoms with Crippen LogP contribution in [-0.4, -0.2) is 143 Å². The first-order valence-electron chi connectivity index (χ1n) is 36.3. The van der Waals surface area contributed by atoms with E-state index in [1.807, 2.05) is 182 Å². The lowest BCUT2D eigenvalue weighted by molar-refractivity contribution is -0.390. The molecule has 1 unspecified atom stereocenters. The number of benzene rings is 10. The van der Waals surface area contributed by atoms with Crippen LogP contribution in [0.15, 0.2) is 303 Å². The fourth-order valence-electron chi connectivity index (χ4n) is 13.1. The van der Waals surface area contributed by atoms with Crippen LogP contribution in [0.3, 0.4) is 0 Å². The molecule has 0 bridgehead atoms. The minimum absolute atomic E-state index is 0.0484. The average Bonchev–Trinajstić information content (AvgIpc) is 0.759. The van der Waals surface area contributed by atoms with Gasteiger partial charge in [0.15, 0.2) is 37.2 Å². The third-order valence-corrected chi connectivity index (χ3v) is 18.7. The van der Waals surface area contributed by atoms with Crippen LogP contribution in [0.2, 0.25) is 0 Å². The molecule has 10 aromatic carbocycles. The van der Waals surface area contributed by atoms with E-state index in [1.54, 1.807) is 116 Å². The van der Waals surface area contributed by atoms with Crippen molar-refractivity contribution in [2.45, 2.75) is 132 Å². The predicted octanol–water partition coefficient (Wildman–Crippen LogP) is 13.9. The second-order valence-electron chi connectivity index (χ2n) is 26.3. The highest BCUT2D eigenvalue weighted by molar-refractivity contribution is 5.91. The smallest absolute Gasteiger partial charge is 0.338 e. The Morgan fingerprint density at radius 2 is 0.514 bits per heavy atom. The van der Waals surface area contributed by atoms with E-state index in [0.29, 0.717) is 0 Å². The fraction of sp³-hybridized carbons (Fsp3) is 0.281. The standard InChI is InChI=1S/C89H86O20/c1-94-87-80(99-56-65-40-20-6-21-41-65)77(97-54-63-36-16-4-17-37-63)74(71(102-87)58-95-52-61-32-12-2-13-33-61)108-88-81(100-57-66-42-22-7-23-43-66)78(98-55-64-38-18-5-19-39-64)75(72(103-88)59-96-53-62-34-14-3-15-35-62)109-89-82(107-86(93)70-50-30-11-31-51-70)79(106-85(92)69-48-28-10-29-49-69)76(105-84(91)68-46-26-9-27-47-68)73(104-89)60-101-83(90)67-44-24-8-25-45-67/h2-51,71-82,87-89H,52-60H2,1H3/t71-,72-,73-,74-,75-,76-,77+,78+,79+,80-,81-,82-,87+,88?,89+/m1/s1. The molecule has 0 N–H and O–H groups in total. The molecule has 3 aliphatic heterocycles. The largest absolute Gasteiger partial charge is 0.459 e. The summed E-state index contributed by atoms with van der Waals surface area (Å²) in [6, 6.07) is 90.4. The topological polar surface area (TPSA) is 216 Å². The Hall–Kier alpha value is -10.4. The average molecular weight is 1480 g/mol. The Labute approximate surface area is 633 Å². The van der Waals surface area contributed by atoms with Gasteiger partial charge in [-0.15, -0.1) is 0 Å². The van der Waals surface area contributed by atoms with Crippen molar-refractivity contribution in [2.24, 2.45) is 0 Å². The van der Waals surface area contributed by atoms with E-state index in [0.717, 1.165) is 33.4 Å². The van der Waals surface area contributed by atoms with Crippen molar-refractivity contribution >= 4 is 23.9 Å². The molecule has 20 nitrogen and oxygen atoms in total. The molecule has 3 fully saturated rings. The summed E-state index contributed by atoms with van der Waals surface area (Å²) in [6.45, 7) is -0.573. The highest BCUT2D eigenvalue weighted by atomic mass is 16.8.